The van der Waals surface area contributed by atoms with E-state index in [0.717, 1.165) is 0 Å². The van der Waals surface area contributed by atoms with Crippen molar-refractivity contribution in [1.29, 1.82) is 0 Å². The zero-order valence-electron chi connectivity index (χ0n) is 16.2. The Balaban J connectivity index is 1.94. The molecule has 162 valence electrons. The zero-order valence-corrected chi connectivity index (χ0v) is 19.4. The molecule has 0 saturated heterocycles. The lowest BCUT2D eigenvalue weighted by Gasteiger charge is -2.14. The van der Waals surface area contributed by atoms with E-state index in [0.29, 0.717) is 5.16 Å². The lowest BCUT2D eigenvalue weighted by Crippen LogP contribution is -2.17. The van der Waals surface area contributed by atoms with Gasteiger partial charge in [0.15, 0.2) is 10.9 Å². The van der Waals surface area contributed by atoms with Gasteiger partial charge in [0.1, 0.15) is 10.6 Å². The van der Waals surface area contributed by atoms with Crippen molar-refractivity contribution in [2.45, 2.75) is 10.1 Å². The molecule has 1 heterocycles. The maximum absolute atomic E-state index is 13.0. The number of nitrogens with one attached hydrogen (secondary N) is 2. The summed E-state index contributed by atoms with van der Waals surface area (Å²) in [6, 6.07) is 10.6. The second kappa shape index (κ2) is 9.73. The summed E-state index contributed by atoms with van der Waals surface area (Å²) in [7, 11) is -2.75. The molecular weight excluding hydrogens is 483 g/mol. The van der Waals surface area contributed by atoms with E-state index in [-0.39, 0.29) is 37.8 Å². The lowest BCUT2D eigenvalue weighted by molar-refractivity contribution is 0.102. The van der Waals surface area contributed by atoms with Gasteiger partial charge < -0.3 is 10.1 Å². The average Bonchev–Trinajstić information content (AvgIpc) is 2.75. The van der Waals surface area contributed by atoms with Gasteiger partial charge in [0, 0.05) is 5.69 Å². The summed E-state index contributed by atoms with van der Waals surface area (Å²) in [4.78, 5) is 20.5. The standard InChI is InChI=1S/C19H16Cl2N4O4S2/c1-29-15-8-7-11(23-18(26)17-13(21)10-22-19(24-17)30-2)9-16(15)31(27,28)25-14-6-4-3-5-12(14)20/h3-10,25H,1-2H3,(H,23,26). The van der Waals surface area contributed by atoms with Crippen LogP contribution in [-0.2, 0) is 10.0 Å². The fourth-order valence-electron chi connectivity index (χ4n) is 2.51. The molecule has 0 saturated carbocycles. The summed E-state index contributed by atoms with van der Waals surface area (Å²) in [5, 5.41) is 3.26. The van der Waals surface area contributed by atoms with Crippen LogP contribution in [-0.4, -0.2) is 37.7 Å². The van der Waals surface area contributed by atoms with Gasteiger partial charge in [0.05, 0.1) is 29.0 Å². The molecule has 12 heteroatoms. The van der Waals surface area contributed by atoms with Crippen molar-refractivity contribution in [3.05, 3.63) is 64.4 Å². The van der Waals surface area contributed by atoms with Gasteiger partial charge in [-0.05, 0) is 36.6 Å². The summed E-state index contributed by atoms with van der Waals surface area (Å²) < 4.78 is 33.5. The van der Waals surface area contributed by atoms with Gasteiger partial charge in [0.25, 0.3) is 15.9 Å². The number of anilines is 2. The van der Waals surface area contributed by atoms with Crippen LogP contribution in [0.5, 0.6) is 5.75 Å². The molecule has 0 aliphatic rings. The molecule has 1 amide bonds. The molecule has 2 N–H and O–H groups in total. The summed E-state index contributed by atoms with van der Waals surface area (Å²) >= 11 is 13.3. The third-order valence-electron chi connectivity index (χ3n) is 3.95. The minimum absolute atomic E-state index is 0.0320. The van der Waals surface area contributed by atoms with E-state index in [2.05, 4.69) is 20.0 Å². The first-order chi connectivity index (χ1) is 14.7. The Morgan fingerprint density at radius 2 is 1.87 bits per heavy atom. The molecule has 0 spiro atoms. The number of methoxy groups -OCH3 is 1. The number of para-hydroxylation sites is 1. The number of thioether (sulfide) groups is 1. The zero-order chi connectivity index (χ0) is 22.6. The van der Waals surface area contributed by atoms with Crippen LogP contribution < -0.4 is 14.8 Å². The van der Waals surface area contributed by atoms with Crippen molar-refractivity contribution < 1.29 is 17.9 Å². The highest BCUT2D eigenvalue weighted by atomic mass is 35.5. The Labute approximate surface area is 193 Å². The van der Waals surface area contributed by atoms with Gasteiger partial charge >= 0.3 is 0 Å². The van der Waals surface area contributed by atoms with Crippen molar-refractivity contribution in [3.8, 4) is 5.75 Å². The van der Waals surface area contributed by atoms with E-state index in [9.17, 15) is 13.2 Å². The number of sulfonamides is 1. The van der Waals surface area contributed by atoms with E-state index in [4.69, 9.17) is 27.9 Å². The Bertz CT molecular complexity index is 1240. The summed E-state index contributed by atoms with van der Waals surface area (Å²) in [5.74, 6) is -0.530. The van der Waals surface area contributed by atoms with Crippen LogP contribution in [0, 0.1) is 0 Å². The Morgan fingerprint density at radius 1 is 1.13 bits per heavy atom. The number of hydrogen-bond acceptors (Lipinski definition) is 7. The highest BCUT2D eigenvalue weighted by Crippen LogP contribution is 2.31. The van der Waals surface area contributed by atoms with Crippen LogP contribution in [0.3, 0.4) is 0 Å². The molecule has 8 nitrogen and oxygen atoms in total. The molecule has 0 bridgehead atoms. The lowest BCUT2D eigenvalue weighted by atomic mass is 10.3. The van der Waals surface area contributed by atoms with E-state index < -0.39 is 15.9 Å². The normalized spacial score (nSPS) is 11.1. The molecule has 2 aromatic carbocycles. The molecule has 1 aromatic heterocycles. The van der Waals surface area contributed by atoms with Crippen LogP contribution in [0.25, 0.3) is 0 Å². The number of ether oxygens (including phenoxy) is 1. The molecule has 0 radical (unpaired) electrons. The molecule has 3 aromatic rings. The smallest absolute Gasteiger partial charge is 0.275 e. The summed E-state index contributed by atoms with van der Waals surface area (Å²) in [6.07, 6.45) is 3.09. The SMILES string of the molecule is COc1ccc(NC(=O)c2nc(SC)ncc2Cl)cc1S(=O)(=O)Nc1ccccc1Cl. The predicted octanol–water partition coefficient (Wildman–Crippen LogP) is 4.57. The minimum Gasteiger partial charge on any atom is -0.495 e. The number of benzene rings is 2. The van der Waals surface area contributed by atoms with Gasteiger partial charge in [-0.15, -0.1) is 0 Å². The number of carbonyl (C=O) groups is 1. The second-order valence-electron chi connectivity index (χ2n) is 5.96. The fraction of sp³-hybridized carbons (Fsp3) is 0.105. The molecule has 0 aliphatic heterocycles. The topological polar surface area (TPSA) is 110 Å². The number of amides is 1. The van der Waals surface area contributed by atoms with Crippen LogP contribution in [0.15, 0.2) is 58.7 Å². The van der Waals surface area contributed by atoms with E-state index in [1.807, 2.05) is 0 Å². The van der Waals surface area contributed by atoms with Crippen molar-refractivity contribution in [2.24, 2.45) is 0 Å². The summed E-state index contributed by atoms with van der Waals surface area (Å²) in [5.41, 5.74) is 0.374. The number of aromatic nitrogens is 2. The number of rotatable bonds is 7. The van der Waals surface area contributed by atoms with Gasteiger partial charge in [-0.2, -0.15) is 0 Å². The maximum Gasteiger partial charge on any atom is 0.275 e. The molecule has 3 rings (SSSR count). The van der Waals surface area contributed by atoms with Crippen LogP contribution in [0.2, 0.25) is 10.0 Å². The monoisotopic (exact) mass is 498 g/mol. The number of hydrogen-bond donors (Lipinski definition) is 2. The number of nitrogens with zero attached hydrogens (tertiary/aromatic N) is 2. The quantitative estimate of drug-likeness (QED) is 0.362. The van der Waals surface area contributed by atoms with Crippen LogP contribution >= 0.6 is 35.0 Å². The van der Waals surface area contributed by atoms with Crippen LogP contribution in [0.4, 0.5) is 11.4 Å². The van der Waals surface area contributed by atoms with Gasteiger partial charge in [0.2, 0.25) is 0 Å². The first-order valence-electron chi connectivity index (χ1n) is 8.58. The van der Waals surface area contributed by atoms with E-state index in [1.165, 1.54) is 49.3 Å². The Hall–Kier alpha value is -2.53. The van der Waals surface area contributed by atoms with E-state index >= 15 is 0 Å². The van der Waals surface area contributed by atoms with Crippen molar-refractivity contribution in [2.75, 3.05) is 23.4 Å². The van der Waals surface area contributed by atoms with Gasteiger partial charge in [-0.25, -0.2) is 18.4 Å². The third kappa shape index (κ3) is 5.40. The van der Waals surface area contributed by atoms with Crippen molar-refractivity contribution >= 4 is 62.3 Å². The van der Waals surface area contributed by atoms with Crippen LogP contribution in [0.1, 0.15) is 10.5 Å². The second-order valence-corrected chi connectivity index (χ2v) is 9.20. The summed E-state index contributed by atoms with van der Waals surface area (Å²) in [6.45, 7) is 0. The van der Waals surface area contributed by atoms with Crippen molar-refractivity contribution in [3.63, 3.8) is 0 Å². The molecule has 0 aliphatic carbocycles. The molecular formula is C19H16Cl2N4O4S2. The Kier molecular flexibility index (Phi) is 7.26. The van der Waals surface area contributed by atoms with Gasteiger partial charge in [-0.1, -0.05) is 47.1 Å². The molecule has 0 atom stereocenters. The molecule has 31 heavy (non-hydrogen) atoms. The number of carbonyl (C=O) groups excluding carboxylic acids is 1. The predicted molar refractivity (Wildman–Crippen MR) is 122 cm³/mol. The Morgan fingerprint density at radius 3 is 2.55 bits per heavy atom. The largest absolute Gasteiger partial charge is 0.495 e. The minimum atomic E-state index is -4.09. The third-order valence-corrected chi connectivity index (χ3v) is 6.50. The fourth-order valence-corrected chi connectivity index (χ4v) is 4.54. The van der Waals surface area contributed by atoms with E-state index in [1.54, 1.807) is 24.5 Å². The van der Waals surface area contributed by atoms with Gasteiger partial charge in [-0.3, -0.25) is 9.52 Å². The average molecular weight is 499 g/mol. The van der Waals surface area contributed by atoms with Crippen molar-refractivity contribution in [1.82, 2.24) is 9.97 Å². The molecule has 0 unspecified atom stereocenters. The maximum atomic E-state index is 13.0. The highest BCUT2D eigenvalue weighted by molar-refractivity contribution is 7.98. The highest BCUT2D eigenvalue weighted by Gasteiger charge is 2.22. The molecule has 0 fully saturated rings. The number of halogens is 2. The first kappa shape index (κ1) is 23.1. The first-order valence-corrected chi connectivity index (χ1v) is 12.0.